The van der Waals surface area contributed by atoms with Crippen LogP contribution in [0.4, 0.5) is 5.69 Å². The third-order valence-electron chi connectivity index (χ3n) is 2.36. The quantitative estimate of drug-likeness (QED) is 0.565. The highest BCUT2D eigenvalue weighted by molar-refractivity contribution is 9.10. The first kappa shape index (κ1) is 14.1. The summed E-state index contributed by atoms with van der Waals surface area (Å²) < 4.78 is 0.922. The first-order valence-corrected chi connectivity index (χ1v) is 7.71. The molecule has 2 aromatic rings. The van der Waals surface area contributed by atoms with E-state index in [1.54, 1.807) is 11.8 Å². The van der Waals surface area contributed by atoms with Crippen LogP contribution in [-0.4, -0.2) is 0 Å². The second-order valence-electron chi connectivity index (χ2n) is 3.72. The van der Waals surface area contributed by atoms with E-state index < -0.39 is 0 Å². The van der Waals surface area contributed by atoms with Crippen LogP contribution >= 0.6 is 50.9 Å². The maximum absolute atomic E-state index is 5.97. The lowest BCUT2D eigenvalue weighted by molar-refractivity contribution is 1.38. The number of hydrogen-bond acceptors (Lipinski definition) is 2. The van der Waals surface area contributed by atoms with Gasteiger partial charge in [0, 0.05) is 20.8 Å². The Morgan fingerprint density at radius 1 is 1.06 bits per heavy atom. The Balaban J connectivity index is 2.06. The van der Waals surface area contributed by atoms with Crippen LogP contribution in [-0.2, 0) is 5.75 Å². The number of nitrogens with two attached hydrogens (primary N) is 1. The molecule has 18 heavy (non-hydrogen) atoms. The molecule has 2 rings (SSSR count). The Morgan fingerprint density at radius 3 is 2.50 bits per heavy atom. The van der Waals surface area contributed by atoms with Crippen LogP contribution in [0.1, 0.15) is 5.56 Å². The molecule has 0 atom stereocenters. The fourth-order valence-electron chi connectivity index (χ4n) is 1.42. The van der Waals surface area contributed by atoms with Crippen LogP contribution in [0.2, 0.25) is 10.0 Å². The standard InChI is InChI=1S/C13H10BrCl2NS/c14-10-3-1-8(5-13(10)17)7-18-9-2-4-11(15)12(16)6-9/h1-6H,7,17H2. The van der Waals surface area contributed by atoms with E-state index in [0.29, 0.717) is 10.0 Å². The van der Waals surface area contributed by atoms with Gasteiger partial charge in [-0.05, 0) is 51.8 Å². The summed E-state index contributed by atoms with van der Waals surface area (Å²) in [5, 5.41) is 1.16. The molecule has 0 heterocycles. The highest BCUT2D eigenvalue weighted by Crippen LogP contribution is 2.30. The molecule has 5 heteroatoms. The van der Waals surface area contributed by atoms with Gasteiger partial charge in [0.1, 0.15) is 0 Å². The van der Waals surface area contributed by atoms with Crippen molar-refractivity contribution < 1.29 is 0 Å². The molecule has 0 aliphatic heterocycles. The fraction of sp³-hybridized carbons (Fsp3) is 0.0769. The van der Waals surface area contributed by atoms with E-state index in [1.807, 2.05) is 36.4 Å². The third kappa shape index (κ3) is 3.58. The summed E-state index contributed by atoms with van der Waals surface area (Å²) in [6.45, 7) is 0. The minimum atomic E-state index is 0.578. The van der Waals surface area contributed by atoms with Crippen molar-refractivity contribution >= 4 is 56.6 Å². The van der Waals surface area contributed by atoms with Crippen molar-refractivity contribution in [3.63, 3.8) is 0 Å². The molecule has 0 fully saturated rings. The van der Waals surface area contributed by atoms with Crippen molar-refractivity contribution in [3.8, 4) is 0 Å². The first-order chi connectivity index (χ1) is 8.56. The third-order valence-corrected chi connectivity index (χ3v) is 4.88. The predicted molar refractivity (Wildman–Crippen MR) is 84.6 cm³/mol. The number of hydrogen-bond donors (Lipinski definition) is 1. The SMILES string of the molecule is Nc1cc(CSc2ccc(Cl)c(Cl)c2)ccc1Br. The van der Waals surface area contributed by atoms with Gasteiger partial charge in [-0.1, -0.05) is 29.3 Å². The van der Waals surface area contributed by atoms with Crippen LogP contribution in [0.25, 0.3) is 0 Å². The van der Waals surface area contributed by atoms with E-state index in [2.05, 4.69) is 15.9 Å². The van der Waals surface area contributed by atoms with Crippen LogP contribution < -0.4 is 5.73 Å². The minimum absolute atomic E-state index is 0.578. The van der Waals surface area contributed by atoms with Gasteiger partial charge in [0.2, 0.25) is 0 Å². The van der Waals surface area contributed by atoms with Crippen molar-refractivity contribution in [1.29, 1.82) is 0 Å². The molecule has 2 N–H and O–H groups in total. The van der Waals surface area contributed by atoms with Crippen LogP contribution in [0.3, 0.4) is 0 Å². The van der Waals surface area contributed by atoms with Gasteiger partial charge in [-0.2, -0.15) is 0 Å². The molecule has 0 saturated carbocycles. The zero-order valence-corrected chi connectivity index (χ0v) is 13.2. The van der Waals surface area contributed by atoms with Gasteiger partial charge in [-0.25, -0.2) is 0 Å². The van der Waals surface area contributed by atoms with Crippen molar-refractivity contribution in [2.45, 2.75) is 10.6 Å². The van der Waals surface area contributed by atoms with Gasteiger partial charge in [0.15, 0.2) is 0 Å². The van der Waals surface area contributed by atoms with Crippen LogP contribution in [0.15, 0.2) is 45.8 Å². The number of rotatable bonds is 3. The predicted octanol–water partition coefficient (Wildman–Crippen LogP) is 5.63. The summed E-state index contributed by atoms with van der Waals surface area (Å²) in [7, 11) is 0. The zero-order chi connectivity index (χ0) is 13.1. The molecule has 0 aliphatic carbocycles. The maximum Gasteiger partial charge on any atom is 0.0603 e. The molecule has 94 valence electrons. The summed E-state index contributed by atoms with van der Waals surface area (Å²) in [5.41, 5.74) is 7.76. The van der Waals surface area contributed by atoms with E-state index in [4.69, 9.17) is 28.9 Å². The lowest BCUT2D eigenvalue weighted by Gasteiger charge is -2.05. The highest BCUT2D eigenvalue weighted by Gasteiger charge is 2.02. The molecule has 2 aromatic carbocycles. The molecule has 0 radical (unpaired) electrons. The van der Waals surface area contributed by atoms with E-state index in [0.717, 1.165) is 20.8 Å². The average Bonchev–Trinajstić information content (AvgIpc) is 2.35. The average molecular weight is 363 g/mol. The van der Waals surface area contributed by atoms with Gasteiger partial charge < -0.3 is 5.73 Å². The Kier molecular flexibility index (Phi) is 4.84. The molecule has 0 aromatic heterocycles. The van der Waals surface area contributed by atoms with Gasteiger partial charge in [-0.3, -0.25) is 0 Å². The monoisotopic (exact) mass is 361 g/mol. The number of nitrogen functional groups attached to an aromatic ring is 1. The molecule has 0 bridgehead atoms. The molecular weight excluding hydrogens is 353 g/mol. The summed E-state index contributed by atoms with van der Waals surface area (Å²) in [6, 6.07) is 11.6. The fourth-order valence-corrected chi connectivity index (χ4v) is 2.90. The summed E-state index contributed by atoms with van der Waals surface area (Å²) in [5.74, 6) is 0.843. The lowest BCUT2D eigenvalue weighted by atomic mass is 10.2. The number of benzene rings is 2. The Morgan fingerprint density at radius 2 is 1.83 bits per heavy atom. The van der Waals surface area contributed by atoms with Crippen molar-refractivity contribution in [2.24, 2.45) is 0 Å². The van der Waals surface area contributed by atoms with Crippen LogP contribution in [0.5, 0.6) is 0 Å². The van der Waals surface area contributed by atoms with Crippen LogP contribution in [0, 0.1) is 0 Å². The molecule has 1 nitrogen and oxygen atoms in total. The summed E-state index contributed by atoms with van der Waals surface area (Å²) >= 11 is 16.9. The van der Waals surface area contributed by atoms with Gasteiger partial charge in [-0.15, -0.1) is 11.8 Å². The molecule has 0 unspecified atom stereocenters. The van der Waals surface area contributed by atoms with Gasteiger partial charge in [0.25, 0.3) is 0 Å². The van der Waals surface area contributed by atoms with Crippen molar-refractivity contribution in [2.75, 3.05) is 5.73 Å². The normalized spacial score (nSPS) is 10.6. The minimum Gasteiger partial charge on any atom is -0.398 e. The number of thioether (sulfide) groups is 1. The summed E-state index contributed by atoms with van der Waals surface area (Å²) in [4.78, 5) is 1.09. The van der Waals surface area contributed by atoms with E-state index in [9.17, 15) is 0 Å². The smallest absolute Gasteiger partial charge is 0.0603 e. The Labute approximate surface area is 129 Å². The van der Waals surface area contributed by atoms with E-state index >= 15 is 0 Å². The molecular formula is C13H10BrCl2NS. The van der Waals surface area contributed by atoms with E-state index in [1.165, 1.54) is 5.56 Å². The number of anilines is 1. The Hall–Kier alpha value is -0.350. The maximum atomic E-state index is 5.97. The van der Waals surface area contributed by atoms with Gasteiger partial charge in [0.05, 0.1) is 10.0 Å². The second kappa shape index (κ2) is 6.20. The van der Waals surface area contributed by atoms with Crippen molar-refractivity contribution in [3.05, 3.63) is 56.5 Å². The van der Waals surface area contributed by atoms with Gasteiger partial charge >= 0.3 is 0 Å². The molecule has 0 saturated heterocycles. The zero-order valence-electron chi connectivity index (χ0n) is 9.29. The molecule has 0 aliphatic rings. The lowest BCUT2D eigenvalue weighted by Crippen LogP contribution is -1.89. The molecule has 0 spiro atoms. The first-order valence-electron chi connectivity index (χ1n) is 5.18. The second-order valence-corrected chi connectivity index (χ2v) is 6.44. The summed E-state index contributed by atoms with van der Waals surface area (Å²) in [6.07, 6.45) is 0. The van der Waals surface area contributed by atoms with E-state index in [-0.39, 0.29) is 0 Å². The van der Waals surface area contributed by atoms with Crippen molar-refractivity contribution in [1.82, 2.24) is 0 Å². The largest absolute Gasteiger partial charge is 0.398 e. The number of halogens is 3. The topological polar surface area (TPSA) is 26.0 Å². The Bertz CT molecular complexity index is 523. The molecule has 0 amide bonds. The highest BCUT2D eigenvalue weighted by atomic mass is 79.9.